The predicted molar refractivity (Wildman–Crippen MR) is 125 cm³/mol. The van der Waals surface area contributed by atoms with Crippen LogP contribution in [0.5, 0.6) is 0 Å². The molecule has 1 heterocycles. The van der Waals surface area contributed by atoms with Crippen LogP contribution >= 0.6 is 0 Å². The molecule has 1 aliphatic rings. The molecular formula is C25H31F3N2O3S. The Morgan fingerprint density at radius 2 is 1.56 bits per heavy atom. The summed E-state index contributed by atoms with van der Waals surface area (Å²) in [4.78, 5) is 14.6. The summed E-state index contributed by atoms with van der Waals surface area (Å²) in [6.07, 6.45) is -3.84. The van der Waals surface area contributed by atoms with Gasteiger partial charge in [-0.3, -0.25) is 4.79 Å². The average Bonchev–Trinajstić information content (AvgIpc) is 2.77. The lowest BCUT2D eigenvalue weighted by atomic mass is 9.96. The number of carbonyl (C=O) groups is 1. The molecule has 0 aliphatic carbocycles. The van der Waals surface area contributed by atoms with Crippen molar-refractivity contribution in [2.75, 3.05) is 20.1 Å². The first-order valence-corrected chi connectivity index (χ1v) is 12.7. The van der Waals surface area contributed by atoms with Crippen LogP contribution in [-0.2, 0) is 27.5 Å². The molecule has 0 bridgehead atoms. The molecule has 1 aliphatic heterocycles. The van der Waals surface area contributed by atoms with Gasteiger partial charge in [0.05, 0.1) is 10.5 Å². The van der Waals surface area contributed by atoms with E-state index in [-0.39, 0.29) is 31.1 Å². The molecule has 0 saturated carbocycles. The summed E-state index contributed by atoms with van der Waals surface area (Å²) >= 11 is 0. The fraction of sp³-hybridized carbons (Fsp3) is 0.480. The number of hydrogen-bond donors (Lipinski definition) is 0. The minimum atomic E-state index is -4.50. The van der Waals surface area contributed by atoms with Gasteiger partial charge in [0.1, 0.15) is 0 Å². The van der Waals surface area contributed by atoms with Gasteiger partial charge in [-0.05, 0) is 74.4 Å². The van der Waals surface area contributed by atoms with E-state index in [0.717, 1.165) is 28.3 Å². The number of hydrogen-bond acceptors (Lipinski definition) is 3. The lowest BCUT2D eigenvalue weighted by Gasteiger charge is -2.33. The fourth-order valence-electron chi connectivity index (χ4n) is 4.62. The third kappa shape index (κ3) is 5.15. The van der Waals surface area contributed by atoms with E-state index < -0.39 is 27.7 Å². The Hall–Kier alpha value is -2.39. The van der Waals surface area contributed by atoms with E-state index >= 15 is 0 Å². The smallest absolute Gasteiger partial charge is 0.341 e. The standard InChI is InChI=1S/C25H31F3N2O3S/c1-16-14-17(2)19(4)23(18(16)3)34(32,33)30-12-10-20(11-13-30)24(31)29(5)15-21-8-6-7-9-22(21)25(26,27)28/h6-9,14,20H,10-13,15H2,1-5H3. The summed E-state index contributed by atoms with van der Waals surface area (Å²) in [7, 11) is -2.24. The molecule has 0 N–H and O–H groups in total. The molecule has 3 rings (SSSR count). The minimum absolute atomic E-state index is 0.0339. The normalized spacial score (nSPS) is 16.0. The van der Waals surface area contributed by atoms with Gasteiger partial charge in [0.2, 0.25) is 15.9 Å². The molecule has 0 unspecified atom stereocenters. The molecular weight excluding hydrogens is 465 g/mol. The van der Waals surface area contributed by atoms with Crippen molar-refractivity contribution in [3.05, 3.63) is 63.7 Å². The van der Waals surface area contributed by atoms with Crippen molar-refractivity contribution in [2.45, 2.75) is 58.2 Å². The molecule has 1 fully saturated rings. The zero-order valence-corrected chi connectivity index (χ0v) is 21.0. The lowest BCUT2D eigenvalue weighted by Crippen LogP contribution is -2.43. The van der Waals surface area contributed by atoms with Crippen molar-refractivity contribution >= 4 is 15.9 Å². The van der Waals surface area contributed by atoms with Gasteiger partial charge in [0, 0.05) is 32.6 Å². The number of rotatable bonds is 5. The highest BCUT2D eigenvalue weighted by Crippen LogP contribution is 2.34. The van der Waals surface area contributed by atoms with Crippen molar-refractivity contribution in [2.24, 2.45) is 5.92 Å². The molecule has 2 aromatic rings. The van der Waals surface area contributed by atoms with Gasteiger partial charge < -0.3 is 4.90 Å². The van der Waals surface area contributed by atoms with Gasteiger partial charge in [-0.2, -0.15) is 17.5 Å². The number of nitrogens with zero attached hydrogens (tertiary/aromatic N) is 2. The van der Waals surface area contributed by atoms with Gasteiger partial charge in [-0.15, -0.1) is 0 Å². The van der Waals surface area contributed by atoms with Crippen molar-refractivity contribution in [3.8, 4) is 0 Å². The fourth-order valence-corrected chi connectivity index (χ4v) is 6.67. The van der Waals surface area contributed by atoms with Crippen LogP contribution in [0.15, 0.2) is 35.2 Å². The van der Waals surface area contributed by atoms with Gasteiger partial charge in [0.15, 0.2) is 0 Å². The van der Waals surface area contributed by atoms with E-state index in [1.165, 1.54) is 34.5 Å². The third-order valence-electron chi connectivity index (χ3n) is 6.80. The molecule has 9 heteroatoms. The highest BCUT2D eigenvalue weighted by Gasteiger charge is 2.36. The number of piperidine rings is 1. The monoisotopic (exact) mass is 496 g/mol. The number of sulfonamides is 1. The number of carbonyl (C=O) groups excluding carboxylic acids is 1. The van der Waals surface area contributed by atoms with Crippen LogP contribution in [0.4, 0.5) is 13.2 Å². The number of benzene rings is 2. The number of halogens is 3. The molecule has 34 heavy (non-hydrogen) atoms. The molecule has 2 aromatic carbocycles. The first kappa shape index (κ1) is 26.2. The lowest BCUT2D eigenvalue weighted by molar-refractivity contribution is -0.140. The predicted octanol–water partition coefficient (Wildman–Crippen LogP) is 5.00. The molecule has 0 radical (unpaired) electrons. The molecule has 0 atom stereocenters. The summed E-state index contributed by atoms with van der Waals surface area (Å²) in [5.41, 5.74) is 2.55. The Labute approximate surface area is 199 Å². The van der Waals surface area contributed by atoms with E-state index in [9.17, 15) is 26.4 Å². The Morgan fingerprint density at radius 1 is 1.03 bits per heavy atom. The van der Waals surface area contributed by atoms with E-state index in [1.807, 2.05) is 19.9 Å². The molecule has 1 amide bonds. The van der Waals surface area contributed by atoms with Crippen LogP contribution in [0, 0.1) is 33.6 Å². The Bertz CT molecular complexity index is 1160. The Balaban J connectivity index is 1.71. The zero-order chi connectivity index (χ0) is 25.4. The SMILES string of the molecule is Cc1cc(C)c(C)c(S(=O)(=O)N2CCC(C(=O)N(C)Cc3ccccc3C(F)(F)F)CC2)c1C. The third-order valence-corrected chi connectivity index (χ3v) is 8.98. The maximum absolute atomic E-state index is 13.4. The second-order valence-corrected chi connectivity index (χ2v) is 11.0. The first-order chi connectivity index (χ1) is 15.7. The maximum atomic E-state index is 13.4. The Morgan fingerprint density at radius 3 is 2.09 bits per heavy atom. The summed E-state index contributed by atoms with van der Waals surface area (Å²) in [5, 5.41) is 0. The molecule has 186 valence electrons. The molecule has 1 saturated heterocycles. The first-order valence-electron chi connectivity index (χ1n) is 11.2. The highest BCUT2D eigenvalue weighted by molar-refractivity contribution is 7.89. The second-order valence-electron chi connectivity index (χ2n) is 9.12. The van der Waals surface area contributed by atoms with E-state index in [4.69, 9.17) is 0 Å². The van der Waals surface area contributed by atoms with Gasteiger partial charge in [-0.1, -0.05) is 24.3 Å². The minimum Gasteiger partial charge on any atom is -0.341 e. The number of alkyl halides is 3. The van der Waals surface area contributed by atoms with Crippen molar-refractivity contribution in [1.29, 1.82) is 0 Å². The number of aryl methyl sites for hydroxylation is 2. The summed E-state index contributed by atoms with van der Waals surface area (Å²) in [5.74, 6) is -0.705. The highest BCUT2D eigenvalue weighted by atomic mass is 32.2. The van der Waals surface area contributed by atoms with E-state index in [0.29, 0.717) is 17.7 Å². The average molecular weight is 497 g/mol. The summed E-state index contributed by atoms with van der Waals surface area (Å²) < 4.78 is 68.2. The molecule has 0 aromatic heterocycles. The van der Waals surface area contributed by atoms with Crippen LogP contribution in [0.2, 0.25) is 0 Å². The quantitative estimate of drug-likeness (QED) is 0.586. The van der Waals surface area contributed by atoms with Gasteiger partial charge in [0.25, 0.3) is 0 Å². The van der Waals surface area contributed by atoms with Crippen LogP contribution in [0.25, 0.3) is 0 Å². The number of amides is 1. The molecule has 0 spiro atoms. The molecule has 5 nitrogen and oxygen atoms in total. The van der Waals surface area contributed by atoms with Crippen LogP contribution in [0.1, 0.15) is 46.2 Å². The Kier molecular flexibility index (Phi) is 7.48. The van der Waals surface area contributed by atoms with Gasteiger partial charge in [-0.25, -0.2) is 8.42 Å². The topological polar surface area (TPSA) is 57.7 Å². The zero-order valence-electron chi connectivity index (χ0n) is 20.2. The van der Waals surface area contributed by atoms with Crippen LogP contribution in [-0.4, -0.2) is 43.7 Å². The maximum Gasteiger partial charge on any atom is 0.416 e. The summed E-state index contributed by atoms with van der Waals surface area (Å²) in [6, 6.07) is 7.19. The van der Waals surface area contributed by atoms with Crippen molar-refractivity contribution in [3.63, 3.8) is 0 Å². The van der Waals surface area contributed by atoms with Crippen molar-refractivity contribution < 1.29 is 26.4 Å². The largest absolute Gasteiger partial charge is 0.416 e. The van der Waals surface area contributed by atoms with Crippen LogP contribution in [0.3, 0.4) is 0 Å². The van der Waals surface area contributed by atoms with Crippen molar-refractivity contribution in [1.82, 2.24) is 9.21 Å². The summed E-state index contributed by atoms with van der Waals surface area (Å²) in [6.45, 7) is 7.61. The van der Waals surface area contributed by atoms with E-state index in [2.05, 4.69) is 0 Å². The van der Waals surface area contributed by atoms with E-state index in [1.54, 1.807) is 13.8 Å². The van der Waals surface area contributed by atoms with Crippen LogP contribution < -0.4 is 0 Å². The second kappa shape index (κ2) is 9.70. The van der Waals surface area contributed by atoms with Gasteiger partial charge >= 0.3 is 6.18 Å².